The minimum absolute atomic E-state index is 0.716. The number of anilines is 1. The number of nitrogens with one attached hydrogen (secondary N) is 1. The highest BCUT2D eigenvalue weighted by atomic mass is 15.4. The van der Waals surface area contributed by atoms with Gasteiger partial charge < -0.3 is 19.7 Å². The third-order valence-corrected chi connectivity index (χ3v) is 4.50. The van der Waals surface area contributed by atoms with Gasteiger partial charge >= 0.3 is 0 Å². The van der Waals surface area contributed by atoms with Crippen LogP contribution in [0.2, 0.25) is 0 Å². The van der Waals surface area contributed by atoms with Crippen LogP contribution in [0.5, 0.6) is 0 Å². The van der Waals surface area contributed by atoms with E-state index in [1.807, 2.05) is 18.3 Å². The van der Waals surface area contributed by atoms with Crippen molar-refractivity contribution in [3.63, 3.8) is 0 Å². The Bertz CT molecular complexity index is 688. The van der Waals surface area contributed by atoms with E-state index in [1.54, 1.807) is 6.33 Å². The Morgan fingerprint density at radius 2 is 2.04 bits per heavy atom. The molecule has 26 heavy (non-hydrogen) atoms. The summed E-state index contributed by atoms with van der Waals surface area (Å²) in [6, 6.07) is 6.06. The molecule has 2 aromatic rings. The number of pyridine rings is 1. The molecular weight excluding hydrogens is 328 g/mol. The van der Waals surface area contributed by atoms with Gasteiger partial charge in [-0.3, -0.25) is 4.99 Å². The van der Waals surface area contributed by atoms with Crippen LogP contribution in [-0.4, -0.2) is 69.9 Å². The first-order valence-corrected chi connectivity index (χ1v) is 9.37. The largest absolute Gasteiger partial charge is 0.357 e. The summed E-state index contributed by atoms with van der Waals surface area (Å²) >= 11 is 0. The molecule has 0 aliphatic carbocycles. The van der Waals surface area contributed by atoms with Gasteiger partial charge in [-0.15, -0.1) is 10.2 Å². The minimum Gasteiger partial charge on any atom is -0.357 e. The van der Waals surface area contributed by atoms with Crippen molar-refractivity contribution in [1.29, 1.82) is 0 Å². The van der Waals surface area contributed by atoms with Gasteiger partial charge in [0.05, 0.1) is 6.54 Å². The van der Waals surface area contributed by atoms with Gasteiger partial charge in [0.25, 0.3) is 0 Å². The average molecular weight is 356 g/mol. The highest BCUT2D eigenvalue weighted by Crippen LogP contribution is 2.12. The van der Waals surface area contributed by atoms with Crippen molar-refractivity contribution in [2.45, 2.75) is 26.8 Å². The highest BCUT2D eigenvalue weighted by molar-refractivity contribution is 5.80. The molecule has 1 fully saturated rings. The van der Waals surface area contributed by atoms with Crippen LogP contribution in [0.1, 0.15) is 19.7 Å². The van der Waals surface area contributed by atoms with Crippen LogP contribution >= 0.6 is 0 Å². The summed E-state index contributed by atoms with van der Waals surface area (Å²) in [5.74, 6) is 3.04. The SMILES string of the molecule is CCNC(=NCCn1cnnc1CC)N1CCN(c2ccccn2)CC1. The standard InChI is InChI=1S/C18H28N8/c1-3-16-23-22-15-26(16)10-9-21-18(19-4-2)25-13-11-24(12-14-25)17-7-5-6-8-20-17/h5-8,15H,3-4,9-14H2,1-2H3,(H,19,21). The first-order chi connectivity index (χ1) is 12.8. The summed E-state index contributed by atoms with van der Waals surface area (Å²) in [6.07, 6.45) is 4.52. The molecule has 8 heteroatoms. The zero-order valence-electron chi connectivity index (χ0n) is 15.7. The van der Waals surface area contributed by atoms with E-state index in [-0.39, 0.29) is 0 Å². The maximum Gasteiger partial charge on any atom is 0.194 e. The minimum atomic E-state index is 0.716. The van der Waals surface area contributed by atoms with E-state index in [0.717, 1.165) is 63.3 Å². The first-order valence-electron chi connectivity index (χ1n) is 9.37. The number of hydrogen-bond acceptors (Lipinski definition) is 5. The summed E-state index contributed by atoms with van der Waals surface area (Å²) in [5, 5.41) is 11.5. The Morgan fingerprint density at radius 1 is 1.19 bits per heavy atom. The fourth-order valence-corrected chi connectivity index (χ4v) is 3.12. The van der Waals surface area contributed by atoms with Crippen molar-refractivity contribution in [3.05, 3.63) is 36.5 Å². The van der Waals surface area contributed by atoms with Crippen molar-refractivity contribution in [1.82, 2.24) is 30.0 Å². The zero-order valence-corrected chi connectivity index (χ0v) is 15.7. The number of aromatic nitrogens is 4. The molecule has 0 saturated carbocycles. The van der Waals surface area contributed by atoms with E-state index >= 15 is 0 Å². The number of guanidine groups is 1. The van der Waals surface area contributed by atoms with Crippen molar-refractivity contribution in [2.24, 2.45) is 4.99 Å². The molecule has 0 amide bonds. The van der Waals surface area contributed by atoms with Crippen LogP contribution in [0.15, 0.2) is 35.7 Å². The third-order valence-electron chi connectivity index (χ3n) is 4.50. The molecule has 1 aliphatic heterocycles. The molecule has 1 aliphatic rings. The lowest BCUT2D eigenvalue weighted by Gasteiger charge is -2.37. The lowest BCUT2D eigenvalue weighted by molar-refractivity contribution is 0.371. The van der Waals surface area contributed by atoms with E-state index in [1.165, 1.54) is 0 Å². The molecular formula is C18H28N8. The van der Waals surface area contributed by atoms with Crippen LogP contribution in [0.3, 0.4) is 0 Å². The molecule has 0 bridgehead atoms. The van der Waals surface area contributed by atoms with E-state index < -0.39 is 0 Å². The summed E-state index contributed by atoms with van der Waals surface area (Å²) < 4.78 is 2.08. The Kier molecular flexibility index (Phi) is 6.40. The predicted octanol–water partition coefficient (Wildman–Crippen LogP) is 1.02. The van der Waals surface area contributed by atoms with E-state index in [0.29, 0.717) is 6.54 Å². The molecule has 0 radical (unpaired) electrons. The van der Waals surface area contributed by atoms with Crippen LogP contribution in [0.25, 0.3) is 0 Å². The van der Waals surface area contributed by atoms with Gasteiger partial charge in [0, 0.05) is 51.9 Å². The van der Waals surface area contributed by atoms with Crippen molar-refractivity contribution in [3.8, 4) is 0 Å². The molecule has 0 spiro atoms. The number of aliphatic imine (C=N–C) groups is 1. The van der Waals surface area contributed by atoms with Crippen molar-refractivity contribution in [2.75, 3.05) is 44.2 Å². The molecule has 140 valence electrons. The van der Waals surface area contributed by atoms with E-state index in [4.69, 9.17) is 4.99 Å². The fraction of sp³-hybridized carbons (Fsp3) is 0.556. The number of hydrogen-bond donors (Lipinski definition) is 1. The van der Waals surface area contributed by atoms with Crippen LogP contribution in [0.4, 0.5) is 5.82 Å². The molecule has 0 atom stereocenters. The fourth-order valence-electron chi connectivity index (χ4n) is 3.12. The van der Waals surface area contributed by atoms with Gasteiger partial charge in [-0.2, -0.15) is 0 Å². The molecule has 8 nitrogen and oxygen atoms in total. The molecule has 2 aromatic heterocycles. The van der Waals surface area contributed by atoms with Crippen LogP contribution < -0.4 is 10.2 Å². The number of nitrogens with zero attached hydrogens (tertiary/aromatic N) is 7. The van der Waals surface area contributed by atoms with Gasteiger partial charge in [0.15, 0.2) is 5.96 Å². The van der Waals surface area contributed by atoms with Gasteiger partial charge in [-0.05, 0) is 19.1 Å². The van der Waals surface area contributed by atoms with Crippen LogP contribution in [-0.2, 0) is 13.0 Å². The second kappa shape index (κ2) is 9.17. The molecule has 0 aromatic carbocycles. The Labute approximate surface area is 155 Å². The maximum atomic E-state index is 4.81. The summed E-state index contributed by atoms with van der Waals surface area (Å²) in [4.78, 5) is 13.9. The monoisotopic (exact) mass is 356 g/mol. The molecule has 0 unspecified atom stereocenters. The van der Waals surface area contributed by atoms with E-state index in [2.05, 4.69) is 54.8 Å². The quantitative estimate of drug-likeness (QED) is 0.615. The van der Waals surface area contributed by atoms with Crippen molar-refractivity contribution < 1.29 is 0 Å². The zero-order chi connectivity index (χ0) is 18.2. The summed E-state index contributed by atoms with van der Waals surface area (Å²) in [7, 11) is 0. The molecule has 1 saturated heterocycles. The predicted molar refractivity (Wildman–Crippen MR) is 103 cm³/mol. The Hall–Kier alpha value is -2.64. The lowest BCUT2D eigenvalue weighted by Crippen LogP contribution is -2.52. The lowest BCUT2D eigenvalue weighted by atomic mass is 10.3. The Balaban J connectivity index is 1.56. The highest BCUT2D eigenvalue weighted by Gasteiger charge is 2.20. The first kappa shape index (κ1) is 18.2. The maximum absolute atomic E-state index is 4.81. The van der Waals surface area contributed by atoms with Gasteiger partial charge in [-0.25, -0.2) is 4.98 Å². The second-order valence-electron chi connectivity index (χ2n) is 6.19. The van der Waals surface area contributed by atoms with Gasteiger partial charge in [0.2, 0.25) is 0 Å². The normalized spacial score (nSPS) is 15.4. The third kappa shape index (κ3) is 4.50. The smallest absolute Gasteiger partial charge is 0.194 e. The Morgan fingerprint density at radius 3 is 2.73 bits per heavy atom. The molecule has 1 N–H and O–H groups in total. The summed E-state index contributed by atoms with van der Waals surface area (Å²) in [6.45, 7) is 10.4. The number of rotatable bonds is 6. The topological polar surface area (TPSA) is 74.5 Å². The molecule has 3 heterocycles. The molecule has 3 rings (SSSR count). The van der Waals surface area contributed by atoms with Crippen molar-refractivity contribution >= 4 is 11.8 Å². The van der Waals surface area contributed by atoms with Crippen LogP contribution in [0, 0.1) is 0 Å². The number of piperazine rings is 1. The summed E-state index contributed by atoms with van der Waals surface area (Å²) in [5.41, 5.74) is 0. The average Bonchev–Trinajstić information content (AvgIpc) is 3.16. The van der Waals surface area contributed by atoms with Gasteiger partial charge in [0.1, 0.15) is 18.0 Å². The van der Waals surface area contributed by atoms with Gasteiger partial charge in [-0.1, -0.05) is 13.0 Å². The van der Waals surface area contributed by atoms with E-state index in [9.17, 15) is 0 Å². The number of aryl methyl sites for hydroxylation is 1. The second-order valence-corrected chi connectivity index (χ2v) is 6.19.